The van der Waals surface area contributed by atoms with Gasteiger partial charge in [0.1, 0.15) is 5.56 Å². The van der Waals surface area contributed by atoms with E-state index in [2.05, 4.69) is 16.0 Å². The first-order valence-electron chi connectivity index (χ1n) is 13.3. The number of carbonyl (C=O) groups is 3. The Kier molecular flexibility index (Phi) is 7.69. The van der Waals surface area contributed by atoms with Gasteiger partial charge in [-0.15, -0.1) is 11.3 Å². The molecule has 218 valence electrons. The predicted molar refractivity (Wildman–Crippen MR) is 166 cm³/mol. The molecule has 0 aliphatic carbocycles. The SMILES string of the molecule is O=C1Nc2ccc(NC(=O)c3cccc(NC(=O)c4cccn(Cc5ccc(F)c(F)c5)c4=O)c3)cc2C1=Cc1cccs1. The second kappa shape index (κ2) is 11.9. The third kappa shape index (κ3) is 5.94. The van der Waals surface area contributed by atoms with Crippen molar-refractivity contribution in [1.29, 1.82) is 0 Å². The Morgan fingerprint density at radius 2 is 1.66 bits per heavy atom. The minimum absolute atomic E-state index is 0.0644. The number of aromatic nitrogens is 1. The van der Waals surface area contributed by atoms with Crippen LogP contribution >= 0.6 is 11.3 Å². The van der Waals surface area contributed by atoms with Gasteiger partial charge in [-0.05, 0) is 83.7 Å². The molecule has 3 aromatic carbocycles. The molecule has 0 spiro atoms. The second-order valence-corrected chi connectivity index (χ2v) is 10.9. The number of anilines is 3. The third-order valence-electron chi connectivity index (χ3n) is 6.87. The van der Waals surface area contributed by atoms with Crippen molar-refractivity contribution in [3.8, 4) is 0 Å². The molecular weight excluding hydrogens is 586 g/mol. The van der Waals surface area contributed by atoms with E-state index < -0.39 is 29.0 Å². The molecule has 11 heteroatoms. The number of fused-ring (bicyclic) bond motifs is 1. The number of pyridine rings is 1. The number of thiophene rings is 1. The van der Waals surface area contributed by atoms with Crippen LogP contribution in [-0.4, -0.2) is 22.3 Å². The summed E-state index contributed by atoms with van der Waals surface area (Å²) in [5.74, 6) is -3.41. The van der Waals surface area contributed by atoms with Gasteiger partial charge in [0.05, 0.1) is 12.1 Å². The molecule has 0 saturated carbocycles. The fraction of sp³-hybridized carbons (Fsp3) is 0.0303. The lowest BCUT2D eigenvalue weighted by Gasteiger charge is -2.11. The molecule has 1 aliphatic rings. The standard InChI is InChI=1S/C33H22F2N4O4S/c34-27-10-8-19(14-28(27)35)18-39-12-2-7-24(33(39)43)31(41)37-21-5-1-4-20(15-21)30(40)36-22-9-11-29-25(16-22)26(32(42)38-29)17-23-6-3-13-44-23/h1-17H,18H2,(H,36,40)(H,37,41)(H,38,42). The van der Waals surface area contributed by atoms with Gasteiger partial charge < -0.3 is 20.5 Å². The summed E-state index contributed by atoms with van der Waals surface area (Å²) in [6, 6.07) is 21.3. The average molecular weight is 609 g/mol. The summed E-state index contributed by atoms with van der Waals surface area (Å²) in [5.41, 5.74) is 2.36. The van der Waals surface area contributed by atoms with Gasteiger partial charge in [-0.3, -0.25) is 19.2 Å². The quantitative estimate of drug-likeness (QED) is 0.190. The van der Waals surface area contributed by atoms with Crippen molar-refractivity contribution in [1.82, 2.24) is 4.57 Å². The highest BCUT2D eigenvalue weighted by atomic mass is 32.1. The van der Waals surface area contributed by atoms with Crippen LogP contribution in [0.2, 0.25) is 0 Å². The lowest BCUT2D eigenvalue weighted by Crippen LogP contribution is -2.29. The molecule has 0 radical (unpaired) electrons. The Balaban J connectivity index is 1.16. The van der Waals surface area contributed by atoms with Crippen LogP contribution in [0.4, 0.5) is 25.8 Å². The van der Waals surface area contributed by atoms with Crippen LogP contribution in [0.25, 0.3) is 11.6 Å². The topological polar surface area (TPSA) is 109 Å². The van der Waals surface area contributed by atoms with E-state index in [0.29, 0.717) is 28.1 Å². The minimum atomic E-state index is -1.03. The molecule has 3 heterocycles. The second-order valence-electron chi connectivity index (χ2n) is 9.88. The van der Waals surface area contributed by atoms with E-state index in [1.165, 1.54) is 46.4 Å². The maximum atomic E-state index is 13.6. The number of nitrogens with one attached hydrogen (secondary N) is 3. The number of nitrogens with zero attached hydrogens (tertiary/aromatic N) is 1. The van der Waals surface area contributed by atoms with Gasteiger partial charge in [-0.2, -0.15) is 0 Å². The smallest absolute Gasteiger partial charge is 0.263 e. The van der Waals surface area contributed by atoms with Crippen molar-refractivity contribution in [3.05, 3.63) is 146 Å². The lowest BCUT2D eigenvalue weighted by molar-refractivity contribution is -0.110. The van der Waals surface area contributed by atoms with E-state index in [1.54, 1.807) is 42.5 Å². The van der Waals surface area contributed by atoms with E-state index in [9.17, 15) is 28.0 Å². The molecule has 0 fully saturated rings. The van der Waals surface area contributed by atoms with E-state index in [-0.39, 0.29) is 29.3 Å². The lowest BCUT2D eigenvalue weighted by atomic mass is 10.1. The first-order valence-corrected chi connectivity index (χ1v) is 14.2. The highest BCUT2D eigenvalue weighted by molar-refractivity contribution is 7.11. The molecule has 1 aliphatic heterocycles. The number of hydrogen-bond acceptors (Lipinski definition) is 5. The van der Waals surface area contributed by atoms with Crippen LogP contribution in [-0.2, 0) is 11.3 Å². The van der Waals surface area contributed by atoms with Crippen LogP contribution in [0, 0.1) is 11.6 Å². The normalized spacial score (nSPS) is 13.0. The van der Waals surface area contributed by atoms with Crippen molar-refractivity contribution in [2.75, 3.05) is 16.0 Å². The van der Waals surface area contributed by atoms with Crippen LogP contribution < -0.4 is 21.5 Å². The first-order chi connectivity index (χ1) is 21.2. The van der Waals surface area contributed by atoms with Crippen molar-refractivity contribution in [2.45, 2.75) is 6.54 Å². The molecule has 0 atom stereocenters. The summed E-state index contributed by atoms with van der Waals surface area (Å²) in [6.07, 6.45) is 3.24. The molecule has 3 amide bonds. The minimum Gasteiger partial charge on any atom is -0.322 e. The average Bonchev–Trinajstić information content (AvgIpc) is 3.64. The maximum Gasteiger partial charge on any atom is 0.263 e. The van der Waals surface area contributed by atoms with Crippen molar-refractivity contribution < 1.29 is 23.2 Å². The zero-order valence-electron chi connectivity index (χ0n) is 22.8. The summed E-state index contributed by atoms with van der Waals surface area (Å²) in [4.78, 5) is 52.6. The maximum absolute atomic E-state index is 13.6. The summed E-state index contributed by atoms with van der Waals surface area (Å²) in [7, 11) is 0. The number of carbonyl (C=O) groups excluding carboxylic acids is 3. The fourth-order valence-corrected chi connectivity index (χ4v) is 5.39. The van der Waals surface area contributed by atoms with Crippen LogP contribution in [0.15, 0.2) is 101 Å². The fourth-order valence-electron chi connectivity index (χ4n) is 4.73. The molecule has 5 aromatic rings. The Morgan fingerprint density at radius 3 is 2.45 bits per heavy atom. The Labute approximate surface area is 253 Å². The molecule has 44 heavy (non-hydrogen) atoms. The molecule has 0 unspecified atom stereocenters. The number of amides is 3. The largest absolute Gasteiger partial charge is 0.322 e. The zero-order valence-corrected chi connectivity index (χ0v) is 23.6. The van der Waals surface area contributed by atoms with Crippen LogP contribution in [0.5, 0.6) is 0 Å². The van der Waals surface area contributed by atoms with E-state index >= 15 is 0 Å². The van der Waals surface area contributed by atoms with Crippen molar-refractivity contribution in [2.24, 2.45) is 0 Å². The summed E-state index contributed by atoms with van der Waals surface area (Å²) < 4.78 is 28.1. The Hall–Kier alpha value is -5.68. The number of hydrogen-bond donors (Lipinski definition) is 3. The van der Waals surface area contributed by atoms with Gasteiger partial charge in [0.2, 0.25) is 0 Å². The van der Waals surface area contributed by atoms with Crippen LogP contribution in [0.3, 0.4) is 0 Å². The van der Waals surface area contributed by atoms with Crippen molar-refractivity contribution in [3.63, 3.8) is 0 Å². The Morgan fingerprint density at radius 1 is 0.841 bits per heavy atom. The molecular formula is C33H22F2N4O4S. The van der Waals surface area contributed by atoms with Gasteiger partial charge in [-0.25, -0.2) is 8.78 Å². The molecule has 0 saturated heterocycles. The zero-order chi connectivity index (χ0) is 30.8. The Bertz CT molecular complexity index is 2040. The van der Waals surface area contributed by atoms with Gasteiger partial charge in [0.25, 0.3) is 23.3 Å². The summed E-state index contributed by atoms with van der Waals surface area (Å²) in [5, 5.41) is 10.2. The molecule has 8 nitrogen and oxygen atoms in total. The number of halogens is 2. The molecule has 3 N–H and O–H groups in total. The summed E-state index contributed by atoms with van der Waals surface area (Å²) in [6.45, 7) is -0.0644. The van der Waals surface area contributed by atoms with Gasteiger partial charge >= 0.3 is 0 Å². The van der Waals surface area contributed by atoms with E-state index in [1.807, 2.05) is 17.5 Å². The molecule has 6 rings (SSSR count). The van der Waals surface area contributed by atoms with Gasteiger partial charge in [0, 0.05) is 39.3 Å². The van der Waals surface area contributed by atoms with Crippen molar-refractivity contribution >= 4 is 57.8 Å². The third-order valence-corrected chi connectivity index (χ3v) is 7.69. The first kappa shape index (κ1) is 28.4. The van der Waals surface area contributed by atoms with Gasteiger partial charge in [0.15, 0.2) is 11.6 Å². The molecule has 2 aromatic heterocycles. The summed E-state index contributed by atoms with van der Waals surface area (Å²) >= 11 is 1.51. The number of rotatable bonds is 7. The number of benzene rings is 3. The van der Waals surface area contributed by atoms with E-state index in [4.69, 9.17) is 0 Å². The highest BCUT2D eigenvalue weighted by Gasteiger charge is 2.25. The predicted octanol–water partition coefficient (Wildman–Crippen LogP) is 6.23. The highest BCUT2D eigenvalue weighted by Crippen LogP contribution is 2.35. The van der Waals surface area contributed by atoms with Gasteiger partial charge in [-0.1, -0.05) is 18.2 Å². The van der Waals surface area contributed by atoms with Crippen LogP contribution in [0.1, 0.15) is 36.7 Å². The monoisotopic (exact) mass is 608 g/mol. The molecule has 0 bridgehead atoms. The van der Waals surface area contributed by atoms with E-state index in [0.717, 1.165) is 17.0 Å².